The van der Waals surface area contributed by atoms with Crippen molar-refractivity contribution in [3.63, 3.8) is 0 Å². The molecule has 1 heterocycles. The van der Waals surface area contributed by atoms with Crippen LogP contribution < -0.4 is 18.5 Å². The first-order valence-electron chi connectivity index (χ1n) is 11.8. The number of aryl methyl sites for hydroxylation is 1. The molecule has 0 aliphatic heterocycles. The van der Waals surface area contributed by atoms with Crippen LogP contribution in [0.4, 0.5) is 14.5 Å². The molecule has 10 nitrogen and oxygen atoms in total. The number of halogens is 2. The van der Waals surface area contributed by atoms with Crippen molar-refractivity contribution in [3.05, 3.63) is 83.2 Å². The molecule has 0 bridgehead atoms. The largest absolute Gasteiger partial charge is 0.495 e. The van der Waals surface area contributed by atoms with Crippen molar-refractivity contribution in [3.8, 4) is 17.2 Å². The highest BCUT2D eigenvalue weighted by molar-refractivity contribution is 7.92. The molecule has 0 aliphatic rings. The highest BCUT2D eigenvalue weighted by atomic mass is 32.2. The van der Waals surface area contributed by atoms with E-state index in [1.165, 1.54) is 50.3 Å². The lowest BCUT2D eigenvalue weighted by atomic mass is 10.0. The van der Waals surface area contributed by atoms with Crippen LogP contribution in [0.5, 0.6) is 17.2 Å². The van der Waals surface area contributed by atoms with E-state index in [9.17, 15) is 17.2 Å². The summed E-state index contributed by atoms with van der Waals surface area (Å²) in [4.78, 5) is -0.121. The number of hydrogen-bond acceptors (Lipinski definition) is 8. The van der Waals surface area contributed by atoms with Crippen LogP contribution in [-0.4, -0.2) is 50.0 Å². The Morgan fingerprint density at radius 3 is 2.21 bits per heavy atom. The lowest BCUT2D eigenvalue weighted by Gasteiger charge is -2.28. The zero-order valence-electron chi connectivity index (χ0n) is 21.8. The molecule has 0 aliphatic carbocycles. The van der Waals surface area contributed by atoms with Gasteiger partial charge >= 0.3 is 0 Å². The number of aromatic nitrogens is 4. The summed E-state index contributed by atoms with van der Waals surface area (Å²) in [7, 11) is -0.152. The van der Waals surface area contributed by atoms with Gasteiger partial charge in [-0.05, 0) is 53.2 Å². The summed E-state index contributed by atoms with van der Waals surface area (Å²) in [5.74, 6) is -0.559. The van der Waals surface area contributed by atoms with Crippen molar-refractivity contribution in [2.45, 2.75) is 31.3 Å². The van der Waals surface area contributed by atoms with Crippen LogP contribution in [0.25, 0.3) is 0 Å². The number of sulfonamides is 1. The molecule has 206 valence electrons. The third-order valence-electron chi connectivity index (χ3n) is 6.11. The van der Waals surface area contributed by atoms with E-state index in [-0.39, 0.29) is 46.4 Å². The fourth-order valence-electron chi connectivity index (χ4n) is 4.15. The molecule has 3 aromatic carbocycles. The van der Waals surface area contributed by atoms with E-state index >= 15 is 0 Å². The van der Waals surface area contributed by atoms with E-state index in [1.54, 1.807) is 18.2 Å². The normalized spacial score (nSPS) is 11.3. The second-order valence-corrected chi connectivity index (χ2v) is 10.1. The second kappa shape index (κ2) is 11.6. The number of methoxy groups -OCH3 is 3. The number of anilines is 1. The lowest BCUT2D eigenvalue weighted by molar-refractivity contribution is 0.354. The van der Waals surface area contributed by atoms with Crippen LogP contribution in [0.3, 0.4) is 0 Å². The fraction of sp³-hybridized carbons (Fsp3) is 0.269. The minimum absolute atomic E-state index is 0.0862. The summed E-state index contributed by atoms with van der Waals surface area (Å²) in [6, 6.07) is 12.5. The van der Waals surface area contributed by atoms with Crippen LogP contribution in [0, 0.1) is 11.6 Å². The van der Waals surface area contributed by atoms with E-state index in [1.807, 2.05) is 6.92 Å². The summed E-state index contributed by atoms with van der Waals surface area (Å²) < 4.78 is 76.5. The number of benzene rings is 3. The van der Waals surface area contributed by atoms with Crippen LogP contribution >= 0.6 is 0 Å². The van der Waals surface area contributed by atoms with E-state index in [0.717, 1.165) is 16.4 Å². The number of nitrogens with zero attached hydrogens (tertiary/aromatic N) is 5. The molecule has 0 amide bonds. The Balaban J connectivity index is 1.95. The Morgan fingerprint density at radius 1 is 0.897 bits per heavy atom. The molecule has 1 aromatic heterocycles. The standard InChI is InChI=1S/C26H27F2N5O5S/c1-5-32-25(29-30-31-32)16-33(39(34,35)18-12-13-22(36-2)24(15-18)38-4)26-17(8-6-11-23(26)37-3)14-19-20(27)9-7-10-21(19)28/h6-13,15H,5,14,16H2,1-4H3. The summed E-state index contributed by atoms with van der Waals surface area (Å²) in [6.45, 7) is 1.89. The molecule has 0 spiro atoms. The first-order valence-corrected chi connectivity index (χ1v) is 13.3. The van der Waals surface area contributed by atoms with Gasteiger partial charge in [0.15, 0.2) is 17.3 Å². The van der Waals surface area contributed by atoms with Gasteiger partial charge in [-0.3, -0.25) is 4.31 Å². The zero-order valence-corrected chi connectivity index (χ0v) is 22.6. The van der Waals surface area contributed by atoms with Crippen LogP contribution in [0.2, 0.25) is 0 Å². The van der Waals surface area contributed by atoms with Gasteiger partial charge in [-0.25, -0.2) is 21.9 Å². The van der Waals surface area contributed by atoms with Gasteiger partial charge in [-0.15, -0.1) is 5.10 Å². The molecular formula is C26H27F2N5O5S. The van der Waals surface area contributed by atoms with E-state index < -0.39 is 21.7 Å². The molecule has 4 aromatic rings. The maximum Gasteiger partial charge on any atom is 0.265 e. The molecule has 0 saturated heterocycles. The van der Waals surface area contributed by atoms with Gasteiger partial charge in [-0.2, -0.15) is 0 Å². The summed E-state index contributed by atoms with van der Waals surface area (Å²) in [6.07, 6.45) is -0.248. The highest BCUT2D eigenvalue weighted by Crippen LogP contribution is 2.40. The molecule has 0 saturated carbocycles. The lowest BCUT2D eigenvalue weighted by Crippen LogP contribution is -2.33. The Kier molecular flexibility index (Phi) is 8.29. The third kappa shape index (κ3) is 5.48. The number of para-hydroxylation sites is 1. The highest BCUT2D eigenvalue weighted by Gasteiger charge is 2.32. The summed E-state index contributed by atoms with van der Waals surface area (Å²) in [5.41, 5.74) is 0.176. The molecule has 0 atom stereocenters. The average Bonchev–Trinajstić information content (AvgIpc) is 3.40. The second-order valence-electron chi connectivity index (χ2n) is 8.28. The number of ether oxygens (including phenoxy) is 3. The van der Waals surface area contributed by atoms with Crippen LogP contribution in [0.15, 0.2) is 59.5 Å². The Labute approximate surface area is 224 Å². The molecule has 39 heavy (non-hydrogen) atoms. The van der Waals surface area contributed by atoms with Crippen molar-refractivity contribution in [2.24, 2.45) is 0 Å². The molecule has 4 rings (SSSR count). The van der Waals surface area contributed by atoms with Gasteiger partial charge < -0.3 is 14.2 Å². The monoisotopic (exact) mass is 559 g/mol. The predicted molar refractivity (Wildman–Crippen MR) is 139 cm³/mol. The number of tetrazole rings is 1. The zero-order chi connectivity index (χ0) is 28.2. The van der Waals surface area contributed by atoms with Crippen molar-refractivity contribution in [2.75, 3.05) is 25.6 Å². The van der Waals surface area contributed by atoms with Crippen molar-refractivity contribution in [1.82, 2.24) is 20.2 Å². The van der Waals surface area contributed by atoms with Gasteiger partial charge in [0.05, 0.1) is 38.5 Å². The van der Waals surface area contributed by atoms with Gasteiger partial charge in [0, 0.05) is 24.6 Å². The molecule has 13 heteroatoms. The SMILES string of the molecule is CCn1nnnc1CN(c1c(Cc2c(F)cccc2F)cccc1OC)S(=O)(=O)c1ccc(OC)c(OC)c1. The van der Waals surface area contributed by atoms with Gasteiger partial charge in [0.25, 0.3) is 10.0 Å². The quantitative estimate of drug-likeness (QED) is 0.272. The van der Waals surface area contributed by atoms with Gasteiger partial charge in [0.1, 0.15) is 17.4 Å². The van der Waals surface area contributed by atoms with Crippen molar-refractivity contribution >= 4 is 15.7 Å². The maximum absolute atomic E-state index is 14.7. The van der Waals surface area contributed by atoms with E-state index in [2.05, 4.69) is 15.5 Å². The van der Waals surface area contributed by atoms with Crippen LogP contribution in [-0.2, 0) is 29.5 Å². The predicted octanol–water partition coefficient (Wildman–Crippen LogP) is 3.98. The number of hydrogen-bond donors (Lipinski definition) is 0. The Bertz CT molecular complexity index is 1560. The topological polar surface area (TPSA) is 109 Å². The maximum atomic E-state index is 14.7. The smallest absolute Gasteiger partial charge is 0.265 e. The molecule has 0 fully saturated rings. The summed E-state index contributed by atoms with van der Waals surface area (Å²) in [5, 5.41) is 11.6. The minimum atomic E-state index is -4.36. The molecule has 0 N–H and O–H groups in total. The van der Waals surface area contributed by atoms with Crippen LogP contribution in [0.1, 0.15) is 23.9 Å². The third-order valence-corrected chi connectivity index (χ3v) is 7.86. The first kappa shape index (κ1) is 27.8. The molecular weight excluding hydrogens is 532 g/mol. The van der Waals surface area contributed by atoms with Crippen molar-refractivity contribution in [1.29, 1.82) is 0 Å². The minimum Gasteiger partial charge on any atom is -0.495 e. The summed E-state index contributed by atoms with van der Waals surface area (Å²) >= 11 is 0. The average molecular weight is 560 g/mol. The van der Waals surface area contributed by atoms with Gasteiger partial charge in [0.2, 0.25) is 0 Å². The Hall–Kier alpha value is -4.26. The first-order chi connectivity index (χ1) is 18.7. The molecule has 0 radical (unpaired) electrons. The van der Waals surface area contributed by atoms with E-state index in [4.69, 9.17) is 14.2 Å². The van der Waals surface area contributed by atoms with Gasteiger partial charge in [-0.1, -0.05) is 18.2 Å². The van der Waals surface area contributed by atoms with Crippen molar-refractivity contribution < 1.29 is 31.4 Å². The molecule has 0 unspecified atom stereocenters. The number of rotatable bonds is 11. The van der Waals surface area contributed by atoms with E-state index in [0.29, 0.717) is 17.9 Å². The fourth-order valence-corrected chi connectivity index (χ4v) is 5.63. The Morgan fingerprint density at radius 2 is 1.56 bits per heavy atom.